The number of benzene rings is 5. The Hall–Kier alpha value is -4.98. The van der Waals surface area contributed by atoms with Crippen molar-refractivity contribution in [2.75, 3.05) is 14.2 Å². The van der Waals surface area contributed by atoms with Crippen LogP contribution < -0.4 is 0 Å². The molecule has 286 valence electrons. The summed E-state index contributed by atoms with van der Waals surface area (Å²) in [6, 6.07) is 15.0. The lowest BCUT2D eigenvalue weighted by atomic mass is 9.86. The zero-order chi connectivity index (χ0) is 38.8. The minimum atomic E-state index is -0.190. The zero-order valence-corrected chi connectivity index (χ0v) is 32.3. The molecule has 8 heteroatoms. The smallest absolute Gasteiger partial charge is 0.305 e. The average molecular weight is 735 g/mol. The molecule has 8 nitrogen and oxygen atoms in total. The molecule has 0 amide bonds. The molecule has 5 aromatic rings. The highest BCUT2D eigenvalue weighted by molar-refractivity contribution is 6.28. The summed E-state index contributed by atoms with van der Waals surface area (Å²) in [6.45, 7) is 3.89. The van der Waals surface area contributed by atoms with E-state index in [1.807, 2.05) is 50.2 Å². The van der Waals surface area contributed by atoms with Crippen molar-refractivity contribution in [2.24, 2.45) is 0 Å². The van der Waals surface area contributed by atoms with Gasteiger partial charge in [0.2, 0.25) is 0 Å². The fraction of sp³-hybridized carbons (Fsp3) is 0.435. The fourth-order valence-corrected chi connectivity index (χ4v) is 7.71. The van der Waals surface area contributed by atoms with Gasteiger partial charge in [-0.05, 0) is 85.3 Å². The number of phenolic OH excluding ortho intramolecular Hbond substituents is 2. The third kappa shape index (κ3) is 9.38. The monoisotopic (exact) mass is 734 g/mol. The van der Waals surface area contributed by atoms with E-state index in [1.165, 1.54) is 14.2 Å². The molecule has 0 aliphatic carbocycles. The largest absolute Gasteiger partial charge is 0.507 e. The Labute approximate surface area is 317 Å². The molecule has 5 rings (SSSR count). The maximum absolute atomic E-state index is 14.2. The number of carbonyl (C=O) groups is 4. The molecule has 0 radical (unpaired) electrons. The number of rotatable bonds is 20. The van der Waals surface area contributed by atoms with Gasteiger partial charge in [0.15, 0.2) is 11.6 Å². The van der Waals surface area contributed by atoms with Crippen molar-refractivity contribution >= 4 is 66.6 Å². The predicted octanol–water partition coefficient (Wildman–Crippen LogP) is 11.3. The average Bonchev–Trinajstić information content (AvgIpc) is 3.16. The lowest BCUT2D eigenvalue weighted by molar-refractivity contribution is -0.141. The molecule has 0 saturated heterocycles. The van der Waals surface area contributed by atoms with Gasteiger partial charge in [-0.3, -0.25) is 19.2 Å². The first-order chi connectivity index (χ1) is 26.0. The Morgan fingerprint density at radius 1 is 0.426 bits per heavy atom. The summed E-state index contributed by atoms with van der Waals surface area (Å²) in [6.07, 6.45) is 12.0. The first-order valence-corrected chi connectivity index (χ1v) is 19.5. The summed E-state index contributed by atoms with van der Waals surface area (Å²) in [5, 5.41) is 28.2. The standard InChI is InChI=1S/C46H54O8/c1-29-21-23-31-35(25-29)45(51)37-27-34-38(28-33(37)43(31)39(47)17-13-9-5-7-11-15-19-41(49)53-3)46(52)36-26-30(2)22-24-32(36)44(34)40(48)18-14-10-6-8-12-16-20-42(50)54-4/h21-28,51-52H,5-20H2,1-4H3. The number of hydrogen-bond donors (Lipinski definition) is 2. The molecule has 0 saturated carbocycles. The highest BCUT2D eigenvalue weighted by Gasteiger charge is 2.24. The molecule has 0 bridgehead atoms. The van der Waals surface area contributed by atoms with Gasteiger partial charge in [-0.2, -0.15) is 0 Å². The summed E-state index contributed by atoms with van der Waals surface area (Å²) in [7, 11) is 2.80. The number of hydrogen-bond acceptors (Lipinski definition) is 8. The molecule has 0 aliphatic rings. The van der Waals surface area contributed by atoms with E-state index >= 15 is 0 Å². The van der Waals surface area contributed by atoms with Crippen molar-refractivity contribution in [1.82, 2.24) is 0 Å². The van der Waals surface area contributed by atoms with Gasteiger partial charge in [0.1, 0.15) is 11.5 Å². The van der Waals surface area contributed by atoms with E-state index in [2.05, 4.69) is 0 Å². The summed E-state index contributed by atoms with van der Waals surface area (Å²) in [4.78, 5) is 51.1. The van der Waals surface area contributed by atoms with Crippen LogP contribution in [0.4, 0.5) is 0 Å². The highest BCUT2D eigenvalue weighted by Crippen LogP contribution is 2.45. The van der Waals surface area contributed by atoms with Crippen LogP contribution in [0.5, 0.6) is 11.5 Å². The number of Topliss-reactive ketones (excluding diaryl/α,β-unsaturated/α-hetero) is 2. The van der Waals surface area contributed by atoms with E-state index in [9.17, 15) is 29.4 Å². The number of aryl methyl sites for hydroxylation is 2. The summed E-state index contributed by atoms with van der Waals surface area (Å²) in [5.74, 6) is -0.353. The number of aromatic hydroxyl groups is 2. The second-order valence-corrected chi connectivity index (χ2v) is 14.7. The molecule has 0 atom stereocenters. The van der Waals surface area contributed by atoms with Gasteiger partial charge in [0.25, 0.3) is 0 Å². The number of methoxy groups -OCH3 is 2. The summed E-state index contributed by atoms with van der Waals surface area (Å²) in [5.41, 5.74) is 2.92. The maximum atomic E-state index is 14.2. The fourth-order valence-electron chi connectivity index (χ4n) is 7.71. The highest BCUT2D eigenvalue weighted by atomic mass is 16.5. The molecule has 2 N–H and O–H groups in total. The minimum Gasteiger partial charge on any atom is -0.507 e. The maximum Gasteiger partial charge on any atom is 0.305 e. The summed E-state index contributed by atoms with van der Waals surface area (Å²) < 4.78 is 9.43. The van der Waals surface area contributed by atoms with Crippen LogP contribution in [0, 0.1) is 13.8 Å². The van der Waals surface area contributed by atoms with Crippen molar-refractivity contribution in [3.63, 3.8) is 0 Å². The normalized spacial score (nSPS) is 11.5. The molecule has 54 heavy (non-hydrogen) atoms. The van der Waals surface area contributed by atoms with Crippen LogP contribution >= 0.6 is 0 Å². The Balaban J connectivity index is 1.47. The van der Waals surface area contributed by atoms with Crippen molar-refractivity contribution in [3.05, 3.63) is 70.8 Å². The first kappa shape index (κ1) is 40.2. The Kier molecular flexibility index (Phi) is 14.0. The number of esters is 2. The minimum absolute atomic E-state index is 0.0309. The van der Waals surface area contributed by atoms with Crippen molar-refractivity contribution in [3.8, 4) is 11.5 Å². The number of ether oxygens (including phenoxy) is 2. The van der Waals surface area contributed by atoms with Crippen molar-refractivity contribution in [1.29, 1.82) is 0 Å². The molecular weight excluding hydrogens is 680 g/mol. The van der Waals surface area contributed by atoms with Crippen LogP contribution in [-0.4, -0.2) is 47.9 Å². The van der Waals surface area contributed by atoms with Crippen molar-refractivity contribution < 1.29 is 38.9 Å². The molecule has 0 heterocycles. The van der Waals surface area contributed by atoms with Crippen LogP contribution in [0.3, 0.4) is 0 Å². The molecule has 0 unspecified atom stereocenters. The van der Waals surface area contributed by atoms with Crippen LogP contribution in [0.25, 0.3) is 43.1 Å². The van der Waals surface area contributed by atoms with Gasteiger partial charge in [-0.15, -0.1) is 0 Å². The van der Waals surface area contributed by atoms with E-state index in [4.69, 9.17) is 9.47 Å². The number of fused-ring (bicyclic) bond motifs is 4. The molecular formula is C46H54O8. The zero-order valence-electron chi connectivity index (χ0n) is 32.3. The van der Waals surface area contributed by atoms with E-state index in [-0.39, 0.29) is 35.0 Å². The number of unbranched alkanes of at least 4 members (excludes halogenated alkanes) is 10. The quantitative estimate of drug-likeness (QED) is 0.0350. The number of phenols is 2. The molecule has 0 aliphatic heterocycles. The third-order valence-corrected chi connectivity index (χ3v) is 10.7. The Morgan fingerprint density at radius 3 is 1.09 bits per heavy atom. The van der Waals surface area contributed by atoms with Gasteiger partial charge < -0.3 is 19.7 Å². The molecule has 5 aromatic carbocycles. The van der Waals surface area contributed by atoms with E-state index in [0.717, 1.165) is 75.3 Å². The molecule has 0 spiro atoms. The second-order valence-electron chi connectivity index (χ2n) is 14.7. The predicted molar refractivity (Wildman–Crippen MR) is 216 cm³/mol. The van der Waals surface area contributed by atoms with Gasteiger partial charge >= 0.3 is 11.9 Å². The van der Waals surface area contributed by atoms with Gasteiger partial charge in [-0.1, -0.05) is 86.8 Å². The Bertz CT molecular complexity index is 2020. The lowest BCUT2D eigenvalue weighted by Gasteiger charge is -2.18. The van der Waals surface area contributed by atoms with Gasteiger partial charge in [0, 0.05) is 58.4 Å². The first-order valence-electron chi connectivity index (χ1n) is 19.5. The summed E-state index contributed by atoms with van der Waals surface area (Å²) >= 11 is 0. The van der Waals surface area contributed by atoms with Gasteiger partial charge in [0.05, 0.1) is 14.2 Å². The number of carbonyl (C=O) groups excluding carboxylic acids is 4. The van der Waals surface area contributed by atoms with Crippen LogP contribution in [0.1, 0.15) is 135 Å². The SMILES string of the molecule is COC(=O)CCCCCCCCC(=O)c1c2ccc(C)cc2c(O)c2cc3c(C(=O)CCCCCCCCC(=O)OC)c4ccc(C)cc4c(O)c3cc12. The third-order valence-electron chi connectivity index (χ3n) is 10.7. The van der Waals surface area contributed by atoms with Crippen LogP contribution in [0.15, 0.2) is 48.5 Å². The van der Waals surface area contributed by atoms with E-state index in [0.29, 0.717) is 92.7 Å². The number of ketones is 2. The second kappa shape index (κ2) is 18.9. The lowest BCUT2D eigenvalue weighted by Crippen LogP contribution is -2.04. The molecule has 0 aromatic heterocycles. The van der Waals surface area contributed by atoms with Crippen LogP contribution in [0.2, 0.25) is 0 Å². The van der Waals surface area contributed by atoms with E-state index < -0.39 is 0 Å². The van der Waals surface area contributed by atoms with Crippen LogP contribution in [-0.2, 0) is 19.1 Å². The van der Waals surface area contributed by atoms with Crippen molar-refractivity contribution in [2.45, 2.75) is 117 Å². The molecule has 0 fully saturated rings. The Morgan fingerprint density at radius 2 is 0.741 bits per heavy atom. The van der Waals surface area contributed by atoms with Gasteiger partial charge in [-0.25, -0.2) is 0 Å². The topological polar surface area (TPSA) is 127 Å². The van der Waals surface area contributed by atoms with E-state index in [1.54, 1.807) is 12.1 Å².